The summed E-state index contributed by atoms with van der Waals surface area (Å²) in [6.45, 7) is 4.15. The minimum Gasteiger partial charge on any atom is -0.317 e. The van der Waals surface area contributed by atoms with Crippen LogP contribution in [0, 0.1) is 6.92 Å². The fourth-order valence-corrected chi connectivity index (χ4v) is 4.31. The van der Waals surface area contributed by atoms with E-state index in [1.54, 1.807) is 11.3 Å². The van der Waals surface area contributed by atoms with E-state index in [4.69, 9.17) is 0 Å². The van der Waals surface area contributed by atoms with Crippen molar-refractivity contribution < 1.29 is 4.79 Å². The average Bonchev–Trinajstić information content (AvgIpc) is 2.99. The van der Waals surface area contributed by atoms with Crippen LogP contribution in [0.15, 0.2) is 28.9 Å². The van der Waals surface area contributed by atoms with E-state index in [9.17, 15) is 4.79 Å². The Morgan fingerprint density at radius 3 is 2.96 bits per heavy atom. The van der Waals surface area contributed by atoms with Crippen LogP contribution in [-0.4, -0.2) is 24.0 Å². The lowest BCUT2D eigenvalue weighted by Gasteiger charge is -2.20. The van der Waals surface area contributed by atoms with Gasteiger partial charge in [-0.3, -0.25) is 4.79 Å². The lowest BCUT2D eigenvalue weighted by atomic mass is 9.97. The zero-order valence-corrected chi connectivity index (χ0v) is 15.5. The molecule has 122 valence electrons. The van der Waals surface area contributed by atoms with Crippen molar-refractivity contribution in [1.29, 1.82) is 0 Å². The van der Waals surface area contributed by atoms with Crippen molar-refractivity contribution in [2.45, 2.75) is 32.1 Å². The van der Waals surface area contributed by atoms with Gasteiger partial charge in [-0.05, 0) is 62.0 Å². The van der Waals surface area contributed by atoms with Gasteiger partial charge in [-0.15, -0.1) is 11.3 Å². The molecule has 2 aromatic rings. The number of piperidine rings is 1. The van der Waals surface area contributed by atoms with Crippen LogP contribution >= 0.6 is 27.3 Å². The van der Waals surface area contributed by atoms with E-state index >= 15 is 0 Å². The first-order valence-electron chi connectivity index (χ1n) is 7.83. The molecule has 1 aromatic heterocycles. The van der Waals surface area contributed by atoms with E-state index < -0.39 is 0 Å². The van der Waals surface area contributed by atoms with Crippen LogP contribution in [0.3, 0.4) is 0 Å². The number of halogens is 1. The summed E-state index contributed by atoms with van der Waals surface area (Å²) in [7, 11) is 0. The van der Waals surface area contributed by atoms with Crippen LogP contribution in [0.1, 0.15) is 34.8 Å². The second kappa shape index (κ2) is 7.55. The second-order valence-electron chi connectivity index (χ2n) is 5.89. The van der Waals surface area contributed by atoms with Crippen molar-refractivity contribution >= 4 is 38.3 Å². The van der Waals surface area contributed by atoms with Crippen LogP contribution in [0.5, 0.6) is 0 Å². The van der Waals surface area contributed by atoms with Gasteiger partial charge in [-0.25, -0.2) is 4.98 Å². The molecule has 1 amide bonds. The molecule has 0 saturated carbocycles. The molecule has 1 aliphatic rings. The monoisotopic (exact) mass is 393 g/mol. The molecule has 3 rings (SSSR count). The Labute approximate surface area is 148 Å². The zero-order chi connectivity index (χ0) is 16.2. The number of carbonyl (C=O) groups excluding carboxylic acids is 1. The number of benzene rings is 1. The number of nitrogens with zero attached hydrogens (tertiary/aromatic N) is 1. The predicted octanol–water partition coefficient (Wildman–Crippen LogP) is 3.86. The molecule has 0 spiro atoms. The molecule has 6 heteroatoms. The second-order valence-corrected chi connectivity index (χ2v) is 7.87. The van der Waals surface area contributed by atoms with Crippen LogP contribution in [0.4, 0.5) is 5.13 Å². The summed E-state index contributed by atoms with van der Waals surface area (Å²) in [5.41, 5.74) is 2.16. The number of rotatable bonds is 4. The molecule has 0 radical (unpaired) electrons. The highest BCUT2D eigenvalue weighted by atomic mass is 79.9. The Bertz CT molecular complexity index is 695. The summed E-state index contributed by atoms with van der Waals surface area (Å²) in [6.07, 6.45) is 4.59. The number of aryl methyl sites for hydroxylation is 1. The molecule has 2 N–H and O–H groups in total. The lowest BCUT2D eigenvalue weighted by molar-refractivity contribution is -0.115. The minimum absolute atomic E-state index is 0.0124. The molecule has 1 aliphatic heterocycles. The lowest BCUT2D eigenvalue weighted by Crippen LogP contribution is -2.26. The Morgan fingerprint density at radius 1 is 1.43 bits per heavy atom. The molecule has 1 aromatic carbocycles. The maximum absolute atomic E-state index is 12.2. The summed E-state index contributed by atoms with van der Waals surface area (Å²) < 4.78 is 1.03. The van der Waals surface area contributed by atoms with Crippen LogP contribution in [0.25, 0.3) is 0 Å². The minimum atomic E-state index is -0.0124. The molecule has 2 heterocycles. The number of anilines is 1. The molecule has 1 saturated heterocycles. The largest absolute Gasteiger partial charge is 0.317 e. The number of hydrogen-bond acceptors (Lipinski definition) is 4. The topological polar surface area (TPSA) is 54.0 Å². The molecule has 0 unspecified atom stereocenters. The van der Waals surface area contributed by atoms with Crippen molar-refractivity contribution in [3.8, 4) is 0 Å². The van der Waals surface area contributed by atoms with Gasteiger partial charge in [0.05, 0.1) is 6.42 Å². The molecular formula is C17H20BrN3OS. The van der Waals surface area contributed by atoms with Crippen molar-refractivity contribution in [1.82, 2.24) is 10.3 Å². The van der Waals surface area contributed by atoms with Crippen LogP contribution in [-0.2, 0) is 11.2 Å². The van der Waals surface area contributed by atoms with Crippen molar-refractivity contribution in [2.24, 2.45) is 0 Å². The molecule has 23 heavy (non-hydrogen) atoms. The van der Waals surface area contributed by atoms with Gasteiger partial charge in [0.15, 0.2) is 5.13 Å². The molecule has 0 atom stereocenters. The zero-order valence-electron chi connectivity index (χ0n) is 13.1. The molecule has 0 aliphatic carbocycles. The number of hydrogen-bond donors (Lipinski definition) is 2. The van der Waals surface area contributed by atoms with Gasteiger partial charge in [0.2, 0.25) is 5.91 Å². The Balaban J connectivity index is 1.60. The fraction of sp³-hybridized carbons (Fsp3) is 0.412. The molecule has 4 nitrogen and oxygen atoms in total. The van der Waals surface area contributed by atoms with E-state index in [0.717, 1.165) is 41.5 Å². The number of amides is 1. The van der Waals surface area contributed by atoms with E-state index in [-0.39, 0.29) is 5.91 Å². The SMILES string of the molecule is Cc1cc(Br)ccc1CC(=O)Nc1ncc(C2CCNCC2)s1. The first-order chi connectivity index (χ1) is 11.1. The number of carbonyl (C=O) groups is 1. The maximum atomic E-state index is 12.2. The first-order valence-corrected chi connectivity index (χ1v) is 9.44. The summed E-state index contributed by atoms with van der Waals surface area (Å²) in [4.78, 5) is 17.9. The molecule has 1 fully saturated rings. The van der Waals surface area contributed by atoms with Gasteiger partial charge in [-0.2, -0.15) is 0 Å². The summed E-state index contributed by atoms with van der Waals surface area (Å²) in [5, 5.41) is 7.01. The van der Waals surface area contributed by atoms with Crippen molar-refractivity contribution in [2.75, 3.05) is 18.4 Å². The fourth-order valence-electron chi connectivity index (χ4n) is 2.83. The quantitative estimate of drug-likeness (QED) is 0.828. The number of thiazole rings is 1. The Morgan fingerprint density at radius 2 is 2.22 bits per heavy atom. The number of aromatic nitrogens is 1. The normalized spacial score (nSPS) is 15.6. The summed E-state index contributed by atoms with van der Waals surface area (Å²) in [5.74, 6) is 0.565. The van der Waals surface area contributed by atoms with E-state index in [1.165, 1.54) is 4.88 Å². The van der Waals surface area contributed by atoms with E-state index in [0.29, 0.717) is 17.5 Å². The van der Waals surface area contributed by atoms with E-state index in [2.05, 4.69) is 31.5 Å². The smallest absolute Gasteiger partial charge is 0.230 e. The Hall–Kier alpha value is -1.24. The molecular weight excluding hydrogens is 374 g/mol. The van der Waals surface area contributed by atoms with Crippen LogP contribution in [0.2, 0.25) is 0 Å². The van der Waals surface area contributed by atoms with Crippen molar-refractivity contribution in [3.05, 3.63) is 44.9 Å². The van der Waals surface area contributed by atoms with Gasteiger partial charge >= 0.3 is 0 Å². The van der Waals surface area contributed by atoms with Gasteiger partial charge in [-0.1, -0.05) is 22.0 Å². The van der Waals surface area contributed by atoms with Crippen LogP contribution < -0.4 is 10.6 Å². The highest BCUT2D eigenvalue weighted by Gasteiger charge is 2.18. The highest BCUT2D eigenvalue weighted by Crippen LogP contribution is 2.31. The average molecular weight is 394 g/mol. The van der Waals surface area contributed by atoms with E-state index in [1.807, 2.05) is 31.3 Å². The van der Waals surface area contributed by atoms with Crippen molar-refractivity contribution in [3.63, 3.8) is 0 Å². The third-order valence-corrected chi connectivity index (χ3v) is 5.74. The first kappa shape index (κ1) is 16.6. The third-order valence-electron chi connectivity index (χ3n) is 4.17. The molecule has 0 bridgehead atoms. The number of nitrogens with one attached hydrogen (secondary N) is 2. The standard InChI is InChI=1S/C17H20BrN3OS/c1-11-8-14(18)3-2-13(11)9-16(22)21-17-20-10-15(23-17)12-4-6-19-7-5-12/h2-3,8,10,12,19H,4-7,9H2,1H3,(H,20,21,22). The predicted molar refractivity (Wildman–Crippen MR) is 98.2 cm³/mol. The van der Waals surface area contributed by atoms with Gasteiger partial charge in [0, 0.05) is 15.5 Å². The van der Waals surface area contributed by atoms with Gasteiger partial charge in [0.1, 0.15) is 0 Å². The van der Waals surface area contributed by atoms with Gasteiger partial charge in [0.25, 0.3) is 0 Å². The summed E-state index contributed by atoms with van der Waals surface area (Å²) in [6, 6.07) is 5.98. The maximum Gasteiger partial charge on any atom is 0.230 e. The Kier molecular flexibility index (Phi) is 5.46. The third kappa shape index (κ3) is 4.40. The van der Waals surface area contributed by atoms with Gasteiger partial charge < -0.3 is 10.6 Å². The summed E-state index contributed by atoms with van der Waals surface area (Å²) >= 11 is 5.05. The highest BCUT2D eigenvalue weighted by molar-refractivity contribution is 9.10.